The van der Waals surface area contributed by atoms with Crippen LogP contribution < -0.4 is 22.1 Å². The Morgan fingerprint density at radius 1 is 0.800 bits per heavy atom. The van der Waals surface area contributed by atoms with E-state index in [0.29, 0.717) is 11.3 Å². The molecule has 0 aliphatic carbocycles. The van der Waals surface area contributed by atoms with Crippen molar-refractivity contribution in [3.8, 4) is 11.1 Å². The number of hydrogen-bond donors (Lipinski definition) is 2. The first-order valence-electron chi connectivity index (χ1n) is 12.2. The Bertz CT molecular complexity index is 1680. The topological polar surface area (TPSA) is 69.1 Å². The van der Waals surface area contributed by atoms with Crippen molar-refractivity contribution in [2.45, 2.75) is 38.5 Å². The van der Waals surface area contributed by atoms with E-state index in [2.05, 4.69) is 61.5 Å². The van der Waals surface area contributed by atoms with Gasteiger partial charge in [-0.15, -0.1) is 7.53 Å². The number of nitrogens with two attached hydrogens (primary N) is 2. The Morgan fingerprint density at radius 2 is 1.51 bits per heavy atom. The molecule has 3 nitrogen and oxygen atoms in total. The van der Waals surface area contributed by atoms with Crippen LogP contribution in [-0.2, 0) is 11.0 Å². The Hall–Kier alpha value is -2.99. The summed E-state index contributed by atoms with van der Waals surface area (Å²) in [6, 6.07) is 27.5. The summed E-state index contributed by atoms with van der Waals surface area (Å²) in [4.78, 5) is 0. The van der Waals surface area contributed by atoms with Crippen LogP contribution in [0.5, 0.6) is 0 Å². The molecule has 0 saturated carbocycles. The van der Waals surface area contributed by atoms with Gasteiger partial charge in [-0.05, 0) is 51.7 Å². The van der Waals surface area contributed by atoms with Crippen molar-refractivity contribution in [2.24, 2.45) is 0 Å². The summed E-state index contributed by atoms with van der Waals surface area (Å²) >= 11 is 0. The summed E-state index contributed by atoms with van der Waals surface area (Å²) in [5, 5.41) is 7.12. The van der Waals surface area contributed by atoms with Gasteiger partial charge in [0.05, 0.1) is 0 Å². The van der Waals surface area contributed by atoms with E-state index in [9.17, 15) is 4.57 Å². The summed E-state index contributed by atoms with van der Waals surface area (Å²) in [7, 11) is -3.37. The van der Waals surface area contributed by atoms with E-state index in [0.717, 1.165) is 33.8 Å². The standard InChI is InChI=1S/C30H30N2OP2/c1-18(2)35(33)28-14-7-5-10-22(28)24-16-20(17-26(32)30(24)35)15-19(3)34-27-13-6-4-9-21(27)23-11-8-12-25(31)29(23)34/h4-14,16-19H,15,31-32H2,1-3H3. The smallest absolute Gasteiger partial charge is 0.148 e. The van der Waals surface area contributed by atoms with E-state index in [1.165, 1.54) is 26.6 Å². The monoisotopic (exact) mass is 496 g/mol. The highest BCUT2D eigenvalue weighted by Gasteiger charge is 2.42. The molecule has 6 rings (SSSR count). The fourth-order valence-corrected chi connectivity index (χ4v) is 12.3. The number of benzene rings is 4. The molecule has 3 unspecified atom stereocenters. The molecule has 5 heteroatoms. The molecule has 0 saturated heterocycles. The fourth-order valence-electron chi connectivity index (χ4n) is 6.03. The molecular weight excluding hydrogens is 466 g/mol. The maximum absolute atomic E-state index is 14.3. The zero-order chi connectivity index (χ0) is 24.5. The quantitative estimate of drug-likeness (QED) is 0.198. The Balaban J connectivity index is 1.50. The Kier molecular flexibility index (Phi) is 5.15. The maximum Gasteiger partial charge on any atom is 0.148 e. The molecule has 0 amide bonds. The normalized spacial score (nSPS) is 18.2. The molecule has 4 aromatic carbocycles. The summed E-state index contributed by atoms with van der Waals surface area (Å²) in [6.45, 7) is 6.43. The average molecular weight is 497 g/mol. The van der Waals surface area contributed by atoms with Crippen molar-refractivity contribution in [3.63, 3.8) is 0 Å². The minimum atomic E-state index is -2.77. The van der Waals surface area contributed by atoms with Gasteiger partial charge in [-0.25, -0.2) is 0 Å². The summed E-state index contributed by atoms with van der Waals surface area (Å²) in [5.41, 5.74) is 18.5. The third-order valence-corrected chi connectivity index (χ3v) is 14.2. The van der Waals surface area contributed by atoms with Gasteiger partial charge in [-0.2, -0.15) is 0 Å². The third-order valence-electron chi connectivity index (χ3n) is 7.54. The molecule has 0 spiro atoms. The van der Waals surface area contributed by atoms with E-state index in [1.54, 1.807) is 0 Å². The molecule has 5 aromatic rings. The lowest BCUT2D eigenvalue weighted by atomic mass is 10.00. The molecule has 4 N–H and O–H groups in total. The summed E-state index contributed by atoms with van der Waals surface area (Å²) in [5.74, 6) is 0. The fraction of sp³-hybridized carbons (Fsp3) is 0.200. The number of anilines is 2. The van der Waals surface area contributed by atoms with Crippen molar-refractivity contribution in [2.75, 3.05) is 11.5 Å². The van der Waals surface area contributed by atoms with Crippen molar-refractivity contribution in [1.82, 2.24) is 0 Å². The molecule has 1 aliphatic heterocycles. The van der Waals surface area contributed by atoms with Crippen molar-refractivity contribution in [3.05, 3.63) is 84.4 Å². The Morgan fingerprint density at radius 3 is 2.31 bits per heavy atom. The van der Waals surface area contributed by atoms with Crippen LogP contribution >= 0.6 is 14.7 Å². The molecule has 0 radical (unpaired) electrons. The van der Waals surface area contributed by atoms with Gasteiger partial charge < -0.3 is 16.0 Å². The highest BCUT2D eigenvalue weighted by molar-refractivity contribution is 7.80. The second-order valence-corrected chi connectivity index (χ2v) is 15.9. The molecule has 176 valence electrons. The lowest BCUT2D eigenvalue weighted by Crippen LogP contribution is -2.20. The second kappa shape index (κ2) is 8.02. The number of hydrogen-bond acceptors (Lipinski definition) is 3. The highest BCUT2D eigenvalue weighted by atomic mass is 31.2. The van der Waals surface area contributed by atoms with E-state index >= 15 is 0 Å². The summed E-state index contributed by atoms with van der Waals surface area (Å²) in [6.07, 6.45) is 0.888. The van der Waals surface area contributed by atoms with E-state index < -0.39 is 14.7 Å². The van der Waals surface area contributed by atoms with Gasteiger partial charge in [0.25, 0.3) is 0 Å². The number of nitrogen functional groups attached to an aromatic ring is 2. The average Bonchev–Trinajstić information content (AvgIpc) is 3.32. The van der Waals surface area contributed by atoms with Gasteiger partial charge >= 0.3 is 0 Å². The van der Waals surface area contributed by atoms with Crippen molar-refractivity contribution < 1.29 is 4.57 Å². The first-order valence-corrected chi connectivity index (χ1v) is 15.4. The molecule has 1 aliphatic rings. The van der Waals surface area contributed by atoms with Crippen LogP contribution in [-0.4, -0.2) is 5.66 Å². The Labute approximate surface area is 207 Å². The van der Waals surface area contributed by atoms with Crippen molar-refractivity contribution >= 4 is 57.7 Å². The molecule has 3 atom stereocenters. The van der Waals surface area contributed by atoms with Gasteiger partial charge in [-0.1, -0.05) is 87.5 Å². The van der Waals surface area contributed by atoms with Crippen molar-refractivity contribution in [1.29, 1.82) is 0 Å². The molecule has 0 fully saturated rings. The van der Waals surface area contributed by atoms with Gasteiger partial charge in [0.15, 0.2) is 0 Å². The van der Waals surface area contributed by atoms with Gasteiger partial charge in [0.2, 0.25) is 0 Å². The van der Waals surface area contributed by atoms with Crippen LogP contribution in [0.3, 0.4) is 0 Å². The zero-order valence-corrected chi connectivity index (χ0v) is 22.1. The van der Waals surface area contributed by atoms with E-state index in [4.69, 9.17) is 11.5 Å². The first-order chi connectivity index (χ1) is 16.8. The predicted octanol–water partition coefficient (Wildman–Crippen LogP) is 7.65. The number of rotatable bonds is 4. The lowest BCUT2D eigenvalue weighted by molar-refractivity contribution is 0.582. The predicted molar refractivity (Wildman–Crippen MR) is 155 cm³/mol. The second-order valence-electron chi connectivity index (χ2n) is 10.0. The van der Waals surface area contributed by atoms with Crippen LogP contribution in [0.15, 0.2) is 78.9 Å². The van der Waals surface area contributed by atoms with Gasteiger partial charge in [0.1, 0.15) is 7.14 Å². The van der Waals surface area contributed by atoms with Gasteiger partial charge in [0, 0.05) is 37.9 Å². The van der Waals surface area contributed by atoms with Crippen LogP contribution in [0.2, 0.25) is 0 Å². The zero-order valence-electron chi connectivity index (χ0n) is 20.3. The van der Waals surface area contributed by atoms with E-state index in [1.807, 2.05) is 38.1 Å². The minimum Gasteiger partial charge on any atom is -0.398 e. The van der Waals surface area contributed by atoms with Crippen LogP contribution in [0.25, 0.3) is 32.1 Å². The first kappa shape index (κ1) is 22.5. The third kappa shape index (κ3) is 3.15. The maximum atomic E-state index is 14.3. The number of fused-ring (bicyclic) bond motifs is 6. The SMILES string of the molecule is CC(Cc1cc(N)c2c(c1)-c1ccccc1P2(=O)C(C)C)p1c2ccccc2c2cccc(N)c21. The van der Waals surface area contributed by atoms with Crippen LogP contribution in [0.4, 0.5) is 11.4 Å². The van der Waals surface area contributed by atoms with Crippen LogP contribution in [0, 0.1) is 0 Å². The lowest BCUT2D eigenvalue weighted by Gasteiger charge is -2.21. The van der Waals surface area contributed by atoms with Crippen LogP contribution in [0.1, 0.15) is 32.0 Å². The molecular formula is C30H30N2OP2. The highest BCUT2D eigenvalue weighted by Crippen LogP contribution is 2.60. The molecule has 35 heavy (non-hydrogen) atoms. The summed E-state index contributed by atoms with van der Waals surface area (Å²) < 4.78 is 14.3. The molecule has 2 heterocycles. The minimum absolute atomic E-state index is 0.00916. The molecule has 1 aromatic heterocycles. The molecule has 0 bridgehead atoms. The van der Waals surface area contributed by atoms with Gasteiger partial charge in [-0.3, -0.25) is 0 Å². The largest absolute Gasteiger partial charge is 0.398 e. The van der Waals surface area contributed by atoms with E-state index in [-0.39, 0.29) is 5.66 Å².